The lowest BCUT2D eigenvalue weighted by molar-refractivity contribution is -0.0452. The van der Waals surface area contributed by atoms with E-state index in [1.54, 1.807) is 0 Å². The van der Waals surface area contributed by atoms with Crippen LogP contribution in [0.25, 0.3) is 0 Å². The van der Waals surface area contributed by atoms with Crippen molar-refractivity contribution in [3.8, 4) is 0 Å². The second kappa shape index (κ2) is 5.00. The van der Waals surface area contributed by atoms with Crippen molar-refractivity contribution in [1.82, 2.24) is 4.90 Å². The summed E-state index contributed by atoms with van der Waals surface area (Å²) in [5.74, 6) is 0. The molecule has 1 fully saturated rings. The van der Waals surface area contributed by atoms with Gasteiger partial charge in [-0.1, -0.05) is 31.2 Å². The quantitative estimate of drug-likeness (QED) is 0.869. The Balaban J connectivity index is 1.81. The van der Waals surface area contributed by atoms with E-state index in [-0.39, 0.29) is 6.04 Å². The number of ether oxygens (including phenoxy) is 1. The summed E-state index contributed by atoms with van der Waals surface area (Å²) in [5, 5.41) is 0. The Morgan fingerprint density at radius 2 is 2.11 bits per heavy atom. The van der Waals surface area contributed by atoms with Gasteiger partial charge < -0.3 is 10.5 Å². The average molecular weight is 246 g/mol. The highest BCUT2D eigenvalue weighted by molar-refractivity contribution is 5.37. The number of benzene rings is 1. The first-order valence-corrected chi connectivity index (χ1v) is 6.99. The first kappa shape index (κ1) is 12.2. The van der Waals surface area contributed by atoms with E-state index in [9.17, 15) is 0 Å². The third-order valence-corrected chi connectivity index (χ3v) is 4.30. The zero-order chi connectivity index (χ0) is 12.5. The molecule has 1 aliphatic carbocycles. The summed E-state index contributed by atoms with van der Waals surface area (Å²) in [5.41, 5.74) is 9.02. The molecule has 3 atom stereocenters. The fourth-order valence-electron chi connectivity index (χ4n) is 3.26. The van der Waals surface area contributed by atoms with Gasteiger partial charge in [-0.25, -0.2) is 0 Å². The van der Waals surface area contributed by atoms with E-state index in [2.05, 4.69) is 36.1 Å². The van der Waals surface area contributed by atoms with E-state index in [1.807, 2.05) is 0 Å². The van der Waals surface area contributed by atoms with E-state index in [4.69, 9.17) is 10.5 Å². The Hall–Kier alpha value is -0.900. The zero-order valence-electron chi connectivity index (χ0n) is 11.0. The van der Waals surface area contributed by atoms with Crippen molar-refractivity contribution >= 4 is 0 Å². The summed E-state index contributed by atoms with van der Waals surface area (Å²) in [7, 11) is 0. The van der Waals surface area contributed by atoms with Crippen LogP contribution < -0.4 is 5.73 Å². The van der Waals surface area contributed by atoms with Gasteiger partial charge in [0.25, 0.3) is 0 Å². The fourth-order valence-corrected chi connectivity index (χ4v) is 3.26. The molecule has 18 heavy (non-hydrogen) atoms. The summed E-state index contributed by atoms with van der Waals surface area (Å²) in [6.45, 7) is 5.12. The Labute approximate surface area is 109 Å². The molecule has 98 valence electrons. The van der Waals surface area contributed by atoms with Gasteiger partial charge in [-0.15, -0.1) is 0 Å². The molecule has 0 aromatic heterocycles. The van der Waals surface area contributed by atoms with Gasteiger partial charge in [-0.05, 0) is 24.0 Å². The van der Waals surface area contributed by atoms with Gasteiger partial charge in [0, 0.05) is 25.2 Å². The molecule has 2 N–H and O–H groups in total. The standard InChI is InChI=1S/C15H22N2O/c1-2-11-10-17(7-8-18-11)15-9-14(16)12-5-3-4-6-13(12)15/h3-6,11,14-15H,2,7-10,16H2,1H3. The third-order valence-electron chi connectivity index (χ3n) is 4.30. The molecule has 0 amide bonds. The topological polar surface area (TPSA) is 38.5 Å². The largest absolute Gasteiger partial charge is 0.376 e. The number of morpholine rings is 1. The van der Waals surface area contributed by atoms with Crippen LogP contribution in [0, 0.1) is 0 Å². The lowest BCUT2D eigenvalue weighted by atomic mass is 10.1. The van der Waals surface area contributed by atoms with Crippen LogP contribution in [-0.4, -0.2) is 30.7 Å². The molecule has 1 aromatic rings. The van der Waals surface area contributed by atoms with Crippen LogP contribution in [0.4, 0.5) is 0 Å². The van der Waals surface area contributed by atoms with Gasteiger partial charge in [0.05, 0.1) is 12.7 Å². The summed E-state index contributed by atoms with van der Waals surface area (Å²) in [4.78, 5) is 2.56. The molecule has 1 aliphatic heterocycles. The van der Waals surface area contributed by atoms with Gasteiger partial charge in [-0.2, -0.15) is 0 Å². The minimum absolute atomic E-state index is 0.203. The van der Waals surface area contributed by atoms with Crippen molar-refractivity contribution in [3.63, 3.8) is 0 Å². The molecule has 0 radical (unpaired) electrons. The molecule has 3 heteroatoms. The second-order valence-electron chi connectivity index (χ2n) is 5.38. The Bertz CT molecular complexity index is 421. The van der Waals surface area contributed by atoms with Gasteiger partial charge >= 0.3 is 0 Å². The molecule has 3 nitrogen and oxygen atoms in total. The lowest BCUT2D eigenvalue weighted by Crippen LogP contribution is -2.43. The smallest absolute Gasteiger partial charge is 0.0700 e. The molecule has 1 saturated heterocycles. The molecule has 3 rings (SSSR count). The van der Waals surface area contributed by atoms with Gasteiger partial charge in [0.15, 0.2) is 0 Å². The molecule has 3 unspecified atom stereocenters. The maximum Gasteiger partial charge on any atom is 0.0700 e. The van der Waals surface area contributed by atoms with E-state index in [0.717, 1.165) is 32.5 Å². The maximum absolute atomic E-state index is 6.25. The highest BCUT2D eigenvalue weighted by Gasteiger charge is 2.34. The molecule has 1 aromatic carbocycles. The highest BCUT2D eigenvalue weighted by atomic mass is 16.5. The predicted octanol–water partition coefficient (Wildman–Crippen LogP) is 2.24. The van der Waals surface area contributed by atoms with Crippen molar-refractivity contribution in [1.29, 1.82) is 0 Å². The summed E-state index contributed by atoms with van der Waals surface area (Å²) in [6.07, 6.45) is 2.54. The highest BCUT2D eigenvalue weighted by Crippen LogP contribution is 2.41. The van der Waals surface area contributed by atoms with E-state index in [1.165, 1.54) is 11.1 Å². The van der Waals surface area contributed by atoms with Crippen molar-refractivity contribution < 1.29 is 4.74 Å². The monoisotopic (exact) mass is 246 g/mol. The van der Waals surface area contributed by atoms with Crippen LogP contribution in [0.15, 0.2) is 24.3 Å². The van der Waals surface area contributed by atoms with Crippen molar-refractivity contribution in [2.75, 3.05) is 19.7 Å². The SMILES string of the molecule is CCC1CN(C2CC(N)c3ccccc32)CCO1. The first-order chi connectivity index (χ1) is 8.79. The van der Waals surface area contributed by atoms with E-state index >= 15 is 0 Å². The molecule has 0 bridgehead atoms. The number of rotatable bonds is 2. The lowest BCUT2D eigenvalue weighted by Gasteiger charge is -2.37. The van der Waals surface area contributed by atoms with Crippen LogP contribution in [0.3, 0.4) is 0 Å². The van der Waals surface area contributed by atoms with Gasteiger partial charge in [-0.3, -0.25) is 4.90 Å². The molecule has 0 saturated carbocycles. The molecule has 0 spiro atoms. The minimum Gasteiger partial charge on any atom is -0.376 e. The summed E-state index contributed by atoms with van der Waals surface area (Å²) in [6, 6.07) is 9.33. The Kier molecular flexibility index (Phi) is 3.37. The minimum atomic E-state index is 0.203. The van der Waals surface area contributed by atoms with Crippen molar-refractivity contribution in [2.24, 2.45) is 5.73 Å². The van der Waals surface area contributed by atoms with Crippen LogP contribution in [-0.2, 0) is 4.74 Å². The third kappa shape index (κ3) is 2.07. The van der Waals surface area contributed by atoms with Crippen LogP contribution in [0.1, 0.15) is 43.0 Å². The maximum atomic E-state index is 6.25. The van der Waals surface area contributed by atoms with Crippen LogP contribution >= 0.6 is 0 Å². The second-order valence-corrected chi connectivity index (χ2v) is 5.38. The first-order valence-electron chi connectivity index (χ1n) is 6.99. The molecule has 2 aliphatic rings. The van der Waals surface area contributed by atoms with Gasteiger partial charge in [0.2, 0.25) is 0 Å². The number of fused-ring (bicyclic) bond motifs is 1. The molecule has 1 heterocycles. The van der Waals surface area contributed by atoms with Crippen molar-refractivity contribution in [2.45, 2.75) is 38.0 Å². The Morgan fingerprint density at radius 1 is 1.33 bits per heavy atom. The zero-order valence-corrected chi connectivity index (χ0v) is 11.0. The van der Waals surface area contributed by atoms with E-state index < -0.39 is 0 Å². The van der Waals surface area contributed by atoms with Crippen LogP contribution in [0.2, 0.25) is 0 Å². The summed E-state index contributed by atoms with van der Waals surface area (Å²) >= 11 is 0. The predicted molar refractivity (Wildman–Crippen MR) is 72.3 cm³/mol. The van der Waals surface area contributed by atoms with Crippen molar-refractivity contribution in [3.05, 3.63) is 35.4 Å². The fraction of sp³-hybridized carbons (Fsp3) is 0.600. The normalized spacial score (nSPS) is 32.4. The molecular formula is C15H22N2O. The number of hydrogen-bond donors (Lipinski definition) is 1. The average Bonchev–Trinajstić information content (AvgIpc) is 2.77. The van der Waals surface area contributed by atoms with Crippen LogP contribution in [0.5, 0.6) is 0 Å². The number of nitrogens with zero attached hydrogens (tertiary/aromatic N) is 1. The number of nitrogens with two attached hydrogens (primary N) is 1. The summed E-state index contributed by atoms with van der Waals surface area (Å²) < 4.78 is 5.76. The van der Waals surface area contributed by atoms with Gasteiger partial charge in [0.1, 0.15) is 0 Å². The van der Waals surface area contributed by atoms with E-state index in [0.29, 0.717) is 12.1 Å². The Morgan fingerprint density at radius 3 is 2.89 bits per heavy atom. The number of hydrogen-bond acceptors (Lipinski definition) is 3. The molecular weight excluding hydrogens is 224 g/mol.